The van der Waals surface area contributed by atoms with Gasteiger partial charge in [-0.15, -0.1) is 0 Å². The van der Waals surface area contributed by atoms with E-state index in [1.807, 2.05) is 36.4 Å². The third-order valence-electron chi connectivity index (χ3n) is 3.96. The fourth-order valence-corrected chi connectivity index (χ4v) is 2.43. The van der Waals surface area contributed by atoms with Crippen LogP contribution in [0.4, 0.5) is 0 Å². The van der Waals surface area contributed by atoms with Gasteiger partial charge in [0.25, 0.3) is 11.8 Å². The third kappa shape index (κ3) is 7.30. The van der Waals surface area contributed by atoms with Crippen LogP contribution in [0.1, 0.15) is 31.7 Å². The molecule has 0 aromatic heterocycles. The second-order valence-corrected chi connectivity index (χ2v) is 6.92. The summed E-state index contributed by atoms with van der Waals surface area (Å²) in [7, 11) is 0. The molecule has 0 fully saturated rings. The molecule has 2 aromatic rings. The molecule has 0 spiro atoms. The second-order valence-electron chi connectivity index (χ2n) is 6.01. The van der Waals surface area contributed by atoms with Crippen molar-refractivity contribution in [2.75, 3.05) is 13.2 Å². The molecule has 0 saturated carbocycles. The number of rotatable bonds is 8. The smallest absolute Gasteiger partial charge is 0.276 e. The summed E-state index contributed by atoms with van der Waals surface area (Å²) in [6.07, 6.45) is 1.06. The second kappa shape index (κ2) is 10.6. The van der Waals surface area contributed by atoms with E-state index in [2.05, 4.69) is 40.6 Å². The third-order valence-corrected chi connectivity index (χ3v) is 4.49. The largest absolute Gasteiger partial charge is 0.484 e. The molecule has 0 aliphatic heterocycles. The zero-order chi connectivity index (χ0) is 19.6. The number of carbonyl (C=O) groups is 2. The molecule has 144 valence electrons. The minimum atomic E-state index is -0.468. The zero-order valence-corrected chi connectivity index (χ0v) is 16.9. The molecular weight excluding hydrogens is 412 g/mol. The summed E-state index contributed by atoms with van der Waals surface area (Å²) in [4.78, 5) is 23.4. The Kier molecular flexibility index (Phi) is 8.13. The summed E-state index contributed by atoms with van der Waals surface area (Å²) in [5.74, 6) is 0.713. The average molecular weight is 435 g/mol. The van der Waals surface area contributed by atoms with Crippen LogP contribution in [0.5, 0.6) is 11.5 Å². The molecule has 0 heterocycles. The zero-order valence-electron chi connectivity index (χ0n) is 15.3. The van der Waals surface area contributed by atoms with Crippen molar-refractivity contribution in [1.29, 1.82) is 0 Å². The van der Waals surface area contributed by atoms with Crippen LogP contribution < -0.4 is 20.3 Å². The van der Waals surface area contributed by atoms with Gasteiger partial charge in [-0.1, -0.05) is 41.9 Å². The van der Waals surface area contributed by atoms with Crippen molar-refractivity contribution >= 4 is 27.7 Å². The van der Waals surface area contributed by atoms with Crippen LogP contribution in [0.3, 0.4) is 0 Å². The molecule has 27 heavy (non-hydrogen) atoms. The first kappa shape index (κ1) is 20.8. The molecular formula is C20H23BrN2O4. The van der Waals surface area contributed by atoms with Gasteiger partial charge in [0, 0.05) is 4.47 Å². The molecule has 0 radical (unpaired) electrons. The van der Waals surface area contributed by atoms with E-state index in [4.69, 9.17) is 9.47 Å². The molecule has 2 aromatic carbocycles. The highest BCUT2D eigenvalue weighted by Gasteiger charge is 2.07. The Bertz CT molecular complexity index is 748. The van der Waals surface area contributed by atoms with Crippen LogP contribution in [0, 0.1) is 0 Å². The number of benzene rings is 2. The number of halogens is 1. The quantitative estimate of drug-likeness (QED) is 0.622. The fourth-order valence-electron chi connectivity index (χ4n) is 2.17. The van der Waals surface area contributed by atoms with Gasteiger partial charge in [-0.05, 0) is 54.3 Å². The van der Waals surface area contributed by atoms with E-state index in [-0.39, 0.29) is 13.2 Å². The first-order chi connectivity index (χ1) is 13.0. The summed E-state index contributed by atoms with van der Waals surface area (Å²) in [6.45, 7) is 3.89. The lowest BCUT2D eigenvalue weighted by molar-refractivity contribution is -0.131. The molecule has 2 amide bonds. The fraction of sp³-hybridized carbons (Fsp3) is 0.300. The molecule has 7 heteroatoms. The number of ether oxygens (including phenoxy) is 2. The molecule has 0 aliphatic rings. The van der Waals surface area contributed by atoms with Crippen LogP contribution in [-0.2, 0) is 9.59 Å². The summed E-state index contributed by atoms with van der Waals surface area (Å²) in [6, 6.07) is 14.7. The molecule has 0 bridgehead atoms. The Morgan fingerprint density at radius 2 is 1.33 bits per heavy atom. The maximum Gasteiger partial charge on any atom is 0.276 e. The normalized spacial score (nSPS) is 11.4. The van der Waals surface area contributed by atoms with Gasteiger partial charge in [-0.3, -0.25) is 20.4 Å². The average Bonchev–Trinajstić information content (AvgIpc) is 2.70. The highest BCUT2D eigenvalue weighted by atomic mass is 79.9. The maximum atomic E-state index is 11.8. The van der Waals surface area contributed by atoms with Crippen molar-refractivity contribution < 1.29 is 19.1 Å². The Balaban J connectivity index is 1.66. The van der Waals surface area contributed by atoms with E-state index in [9.17, 15) is 9.59 Å². The number of nitrogens with one attached hydrogen (secondary N) is 2. The Morgan fingerprint density at radius 3 is 1.78 bits per heavy atom. The summed E-state index contributed by atoms with van der Waals surface area (Å²) < 4.78 is 11.6. The van der Waals surface area contributed by atoms with Crippen molar-refractivity contribution in [3.05, 3.63) is 58.6 Å². The molecule has 0 aliphatic carbocycles. The van der Waals surface area contributed by atoms with Crippen molar-refractivity contribution in [3.63, 3.8) is 0 Å². The number of hydrazine groups is 1. The van der Waals surface area contributed by atoms with Crippen LogP contribution in [0.25, 0.3) is 0 Å². The van der Waals surface area contributed by atoms with Crippen LogP contribution in [0.15, 0.2) is 53.0 Å². The SMILES string of the molecule is CCC(C)c1ccc(OCC(=O)NNC(=O)COc2ccc(Br)cc2)cc1. The number of hydrogen-bond acceptors (Lipinski definition) is 4. The highest BCUT2D eigenvalue weighted by molar-refractivity contribution is 9.10. The number of carbonyl (C=O) groups excluding carboxylic acids is 2. The van der Waals surface area contributed by atoms with E-state index in [0.717, 1.165) is 10.9 Å². The molecule has 2 N–H and O–H groups in total. The van der Waals surface area contributed by atoms with Gasteiger partial charge in [0.1, 0.15) is 11.5 Å². The van der Waals surface area contributed by atoms with Gasteiger partial charge >= 0.3 is 0 Å². The Morgan fingerprint density at radius 1 is 0.889 bits per heavy atom. The molecule has 0 saturated heterocycles. The van der Waals surface area contributed by atoms with Crippen LogP contribution in [-0.4, -0.2) is 25.0 Å². The lowest BCUT2D eigenvalue weighted by atomic mass is 9.99. The maximum absolute atomic E-state index is 11.8. The van der Waals surface area contributed by atoms with Gasteiger partial charge < -0.3 is 9.47 Å². The Hall–Kier alpha value is -2.54. The minimum absolute atomic E-state index is 0.198. The lowest BCUT2D eigenvalue weighted by Crippen LogP contribution is -2.45. The predicted octanol–water partition coefficient (Wildman–Crippen LogP) is 3.57. The van der Waals surface area contributed by atoms with Gasteiger partial charge in [-0.2, -0.15) is 0 Å². The number of hydrogen-bond donors (Lipinski definition) is 2. The first-order valence-corrected chi connectivity index (χ1v) is 9.46. The lowest BCUT2D eigenvalue weighted by Gasteiger charge is -2.11. The summed E-state index contributed by atoms with van der Waals surface area (Å²) in [5, 5.41) is 0. The van der Waals surface area contributed by atoms with Crippen LogP contribution in [0.2, 0.25) is 0 Å². The van der Waals surface area contributed by atoms with Crippen molar-refractivity contribution in [1.82, 2.24) is 10.9 Å². The van der Waals surface area contributed by atoms with E-state index < -0.39 is 11.8 Å². The monoisotopic (exact) mass is 434 g/mol. The van der Waals surface area contributed by atoms with E-state index >= 15 is 0 Å². The van der Waals surface area contributed by atoms with Crippen molar-refractivity contribution in [2.45, 2.75) is 26.2 Å². The summed E-state index contributed by atoms with van der Waals surface area (Å²) >= 11 is 3.32. The van der Waals surface area contributed by atoms with Gasteiger partial charge in [-0.25, -0.2) is 0 Å². The van der Waals surface area contributed by atoms with Gasteiger partial charge in [0.15, 0.2) is 13.2 Å². The first-order valence-electron chi connectivity index (χ1n) is 8.66. The van der Waals surface area contributed by atoms with Crippen molar-refractivity contribution in [2.24, 2.45) is 0 Å². The Labute approximate surface area is 167 Å². The van der Waals surface area contributed by atoms with E-state index in [1.54, 1.807) is 12.1 Å². The van der Waals surface area contributed by atoms with Gasteiger partial charge in [0.2, 0.25) is 0 Å². The van der Waals surface area contributed by atoms with E-state index in [1.165, 1.54) is 5.56 Å². The highest BCUT2D eigenvalue weighted by Crippen LogP contribution is 2.21. The summed E-state index contributed by atoms with van der Waals surface area (Å²) in [5.41, 5.74) is 5.79. The molecule has 1 unspecified atom stereocenters. The van der Waals surface area contributed by atoms with Crippen molar-refractivity contribution in [3.8, 4) is 11.5 Å². The molecule has 1 atom stereocenters. The topological polar surface area (TPSA) is 76.7 Å². The number of amides is 2. The standard InChI is InChI=1S/C20H23BrN2O4/c1-3-14(2)15-4-8-17(9-5-15)26-12-19(24)22-23-20(25)13-27-18-10-6-16(21)7-11-18/h4-11,14H,3,12-13H2,1-2H3,(H,22,24)(H,23,25). The molecule has 6 nitrogen and oxygen atoms in total. The molecule has 2 rings (SSSR count). The predicted molar refractivity (Wildman–Crippen MR) is 107 cm³/mol. The van der Waals surface area contributed by atoms with E-state index in [0.29, 0.717) is 17.4 Å². The van der Waals surface area contributed by atoms with Crippen LogP contribution >= 0.6 is 15.9 Å². The van der Waals surface area contributed by atoms with Gasteiger partial charge in [0.05, 0.1) is 0 Å². The minimum Gasteiger partial charge on any atom is -0.484 e.